The molecule has 1 heterocycles. The van der Waals surface area contributed by atoms with E-state index in [1.807, 2.05) is 30.3 Å². The van der Waals surface area contributed by atoms with Gasteiger partial charge in [-0.3, -0.25) is 4.90 Å². The number of nitrogens with zero attached hydrogens (tertiary/aromatic N) is 2. The van der Waals surface area contributed by atoms with Gasteiger partial charge >= 0.3 is 0 Å². The lowest BCUT2D eigenvalue weighted by Crippen LogP contribution is -2.59. The lowest BCUT2D eigenvalue weighted by Gasteiger charge is -2.50. The zero-order valence-corrected chi connectivity index (χ0v) is 15.9. The molecule has 1 aliphatic rings. The van der Waals surface area contributed by atoms with Gasteiger partial charge in [-0.15, -0.1) is 0 Å². The van der Waals surface area contributed by atoms with Gasteiger partial charge in [0.25, 0.3) is 0 Å². The molecule has 26 heavy (non-hydrogen) atoms. The van der Waals surface area contributed by atoms with Crippen molar-refractivity contribution in [1.29, 1.82) is 5.26 Å². The Balaban J connectivity index is 1.68. The molecular formula is C23H19BrN2. The van der Waals surface area contributed by atoms with Gasteiger partial charge in [0.05, 0.1) is 12.1 Å². The van der Waals surface area contributed by atoms with Crippen LogP contribution in [0.25, 0.3) is 0 Å². The van der Waals surface area contributed by atoms with E-state index in [0.29, 0.717) is 0 Å². The van der Waals surface area contributed by atoms with Gasteiger partial charge in [-0.25, -0.2) is 0 Å². The lowest BCUT2D eigenvalue weighted by atomic mass is 9.73. The maximum absolute atomic E-state index is 9.96. The number of nitriles is 1. The summed E-state index contributed by atoms with van der Waals surface area (Å²) < 4.78 is 1.01. The molecule has 1 fully saturated rings. The maximum atomic E-state index is 9.96. The molecule has 0 N–H and O–H groups in total. The van der Waals surface area contributed by atoms with E-state index in [2.05, 4.69) is 81.5 Å². The summed E-state index contributed by atoms with van der Waals surface area (Å²) in [7, 11) is 0. The van der Waals surface area contributed by atoms with Crippen LogP contribution in [0.3, 0.4) is 0 Å². The fourth-order valence-corrected chi connectivity index (χ4v) is 4.53. The average molecular weight is 403 g/mol. The fourth-order valence-electron chi connectivity index (χ4n) is 3.86. The standard InChI is InChI=1S/C23H19BrN2/c24-21-14-8-7-13-20(21)23(15-25)16-26(17-23)22(18-9-3-1-4-10-18)19-11-5-2-6-12-19/h1-14,22H,16-17H2. The number of rotatable bonds is 4. The lowest BCUT2D eigenvalue weighted by molar-refractivity contribution is 0.0706. The van der Waals surface area contributed by atoms with Crippen molar-refractivity contribution < 1.29 is 0 Å². The predicted octanol–water partition coefficient (Wildman–Crippen LogP) is 5.32. The molecule has 0 aromatic heterocycles. The van der Waals surface area contributed by atoms with Crippen molar-refractivity contribution in [2.75, 3.05) is 13.1 Å². The minimum Gasteiger partial charge on any atom is -0.288 e. The number of benzene rings is 3. The van der Waals surface area contributed by atoms with E-state index in [1.54, 1.807) is 0 Å². The highest BCUT2D eigenvalue weighted by Gasteiger charge is 2.48. The van der Waals surface area contributed by atoms with E-state index in [-0.39, 0.29) is 6.04 Å². The van der Waals surface area contributed by atoms with E-state index >= 15 is 0 Å². The molecule has 0 aliphatic carbocycles. The molecule has 0 saturated carbocycles. The van der Waals surface area contributed by atoms with Crippen LogP contribution in [0.15, 0.2) is 89.4 Å². The molecule has 3 aromatic rings. The second-order valence-electron chi connectivity index (χ2n) is 6.80. The van der Waals surface area contributed by atoms with E-state index in [9.17, 15) is 5.26 Å². The van der Waals surface area contributed by atoms with Gasteiger partial charge in [0, 0.05) is 17.6 Å². The third-order valence-electron chi connectivity index (χ3n) is 5.15. The molecule has 0 spiro atoms. The first kappa shape index (κ1) is 17.0. The van der Waals surface area contributed by atoms with Crippen LogP contribution < -0.4 is 0 Å². The van der Waals surface area contributed by atoms with Gasteiger partial charge in [0.1, 0.15) is 5.41 Å². The Hall–Kier alpha value is -2.41. The third-order valence-corrected chi connectivity index (χ3v) is 5.84. The number of hydrogen-bond donors (Lipinski definition) is 0. The van der Waals surface area contributed by atoms with Crippen LogP contribution in [0.4, 0.5) is 0 Å². The maximum Gasteiger partial charge on any atom is 0.109 e. The molecule has 2 nitrogen and oxygen atoms in total. The van der Waals surface area contributed by atoms with E-state index in [4.69, 9.17) is 0 Å². The van der Waals surface area contributed by atoms with Crippen molar-refractivity contribution in [3.05, 3.63) is 106 Å². The molecule has 4 rings (SSSR count). The zero-order valence-electron chi connectivity index (χ0n) is 14.3. The summed E-state index contributed by atoms with van der Waals surface area (Å²) in [5.41, 5.74) is 3.15. The van der Waals surface area contributed by atoms with Crippen LogP contribution in [0.1, 0.15) is 22.7 Å². The Morgan fingerprint density at radius 2 is 1.31 bits per heavy atom. The minimum absolute atomic E-state index is 0.168. The van der Waals surface area contributed by atoms with Crippen LogP contribution in [-0.4, -0.2) is 18.0 Å². The number of likely N-dealkylation sites (tertiary alicyclic amines) is 1. The molecule has 1 saturated heterocycles. The molecule has 1 aliphatic heterocycles. The van der Waals surface area contributed by atoms with Crippen molar-refractivity contribution in [3.63, 3.8) is 0 Å². The summed E-state index contributed by atoms with van der Waals surface area (Å²) in [4.78, 5) is 2.40. The molecule has 0 unspecified atom stereocenters. The summed E-state index contributed by atoms with van der Waals surface area (Å²) in [6.45, 7) is 1.45. The molecular weight excluding hydrogens is 384 g/mol. The monoisotopic (exact) mass is 402 g/mol. The Morgan fingerprint density at radius 3 is 1.81 bits per heavy atom. The number of hydrogen-bond acceptors (Lipinski definition) is 2. The first-order valence-corrected chi connectivity index (χ1v) is 9.53. The highest BCUT2D eigenvalue weighted by molar-refractivity contribution is 9.10. The summed E-state index contributed by atoms with van der Waals surface area (Å²) in [5.74, 6) is 0. The van der Waals surface area contributed by atoms with Crippen LogP contribution >= 0.6 is 15.9 Å². The highest BCUT2D eigenvalue weighted by Crippen LogP contribution is 2.43. The fraction of sp³-hybridized carbons (Fsp3) is 0.174. The van der Waals surface area contributed by atoms with Gasteiger partial charge in [-0.2, -0.15) is 5.26 Å². The average Bonchev–Trinajstić information content (AvgIpc) is 2.67. The van der Waals surface area contributed by atoms with Crippen LogP contribution in [0, 0.1) is 11.3 Å². The van der Waals surface area contributed by atoms with Gasteiger partial charge in [0.2, 0.25) is 0 Å². The van der Waals surface area contributed by atoms with Gasteiger partial charge < -0.3 is 0 Å². The SMILES string of the molecule is N#CC1(c2ccccc2Br)CN(C(c2ccccc2)c2ccccc2)C1. The molecule has 3 heteroatoms. The predicted molar refractivity (Wildman–Crippen MR) is 108 cm³/mol. The second-order valence-corrected chi connectivity index (χ2v) is 7.66. The number of halogens is 1. The van der Waals surface area contributed by atoms with Crippen LogP contribution in [0.2, 0.25) is 0 Å². The third kappa shape index (κ3) is 2.96. The molecule has 0 radical (unpaired) electrons. The Bertz CT molecular complexity index is 886. The first-order chi connectivity index (χ1) is 12.7. The van der Waals surface area contributed by atoms with E-state index in [0.717, 1.165) is 23.1 Å². The molecule has 0 amide bonds. The van der Waals surface area contributed by atoms with Crippen LogP contribution in [-0.2, 0) is 5.41 Å². The zero-order chi connectivity index (χ0) is 18.0. The van der Waals surface area contributed by atoms with Gasteiger partial charge in [0.15, 0.2) is 0 Å². The van der Waals surface area contributed by atoms with Crippen LogP contribution in [0.5, 0.6) is 0 Å². The van der Waals surface area contributed by atoms with E-state index < -0.39 is 5.41 Å². The molecule has 0 bridgehead atoms. The van der Waals surface area contributed by atoms with Crippen molar-refractivity contribution in [1.82, 2.24) is 4.90 Å². The summed E-state index contributed by atoms with van der Waals surface area (Å²) >= 11 is 3.62. The molecule has 0 atom stereocenters. The summed E-state index contributed by atoms with van der Waals surface area (Å²) in [6.07, 6.45) is 0. The van der Waals surface area contributed by atoms with Crippen molar-refractivity contribution in [3.8, 4) is 6.07 Å². The highest BCUT2D eigenvalue weighted by atomic mass is 79.9. The first-order valence-electron chi connectivity index (χ1n) is 8.74. The van der Waals surface area contributed by atoms with Gasteiger partial charge in [-0.1, -0.05) is 94.8 Å². The normalized spacial score (nSPS) is 16.0. The molecule has 128 valence electrons. The Labute approximate surface area is 162 Å². The topological polar surface area (TPSA) is 27.0 Å². The molecule has 3 aromatic carbocycles. The Morgan fingerprint density at radius 1 is 0.808 bits per heavy atom. The largest absolute Gasteiger partial charge is 0.288 e. The van der Waals surface area contributed by atoms with Crippen molar-refractivity contribution >= 4 is 15.9 Å². The smallest absolute Gasteiger partial charge is 0.109 e. The Kier molecular flexibility index (Phi) is 4.63. The summed E-state index contributed by atoms with van der Waals surface area (Å²) in [6, 6.07) is 31.9. The van der Waals surface area contributed by atoms with E-state index in [1.165, 1.54) is 11.1 Å². The quantitative estimate of drug-likeness (QED) is 0.590. The second kappa shape index (κ2) is 7.07. The van der Waals surface area contributed by atoms with Gasteiger partial charge in [-0.05, 0) is 22.8 Å². The van der Waals surface area contributed by atoms with Crippen molar-refractivity contribution in [2.45, 2.75) is 11.5 Å². The minimum atomic E-state index is -0.456. The summed E-state index contributed by atoms with van der Waals surface area (Å²) in [5, 5.41) is 9.96. The van der Waals surface area contributed by atoms with Crippen molar-refractivity contribution in [2.24, 2.45) is 0 Å².